The lowest BCUT2D eigenvalue weighted by molar-refractivity contribution is -0.148. The van der Waals surface area contributed by atoms with Crippen LogP contribution in [0.2, 0.25) is 0 Å². The van der Waals surface area contributed by atoms with Crippen molar-refractivity contribution in [1.29, 1.82) is 0 Å². The highest BCUT2D eigenvalue weighted by Crippen LogP contribution is 2.29. The van der Waals surface area contributed by atoms with Crippen LogP contribution in [0.4, 0.5) is 4.39 Å². The molecule has 0 aromatic heterocycles. The molecule has 20 heavy (non-hydrogen) atoms. The average Bonchev–Trinajstić information content (AvgIpc) is 2.47. The number of nitrogens with two attached hydrogens (primary N) is 1. The van der Waals surface area contributed by atoms with E-state index in [-0.39, 0.29) is 6.54 Å². The van der Waals surface area contributed by atoms with Gasteiger partial charge in [0.15, 0.2) is 0 Å². The summed E-state index contributed by atoms with van der Waals surface area (Å²) in [5.74, 6) is -0.871. The zero-order valence-corrected chi connectivity index (χ0v) is 12.0. The number of carbonyl (C=O) groups is 1. The summed E-state index contributed by atoms with van der Waals surface area (Å²) in [5.41, 5.74) is 5.26. The zero-order chi connectivity index (χ0) is 15.0. The van der Waals surface area contributed by atoms with Crippen LogP contribution in [0, 0.1) is 5.82 Å². The quantitative estimate of drug-likeness (QED) is 0.585. The second-order valence-corrected chi connectivity index (χ2v) is 4.65. The van der Waals surface area contributed by atoms with Crippen molar-refractivity contribution >= 4 is 5.97 Å². The number of esters is 1. The van der Waals surface area contributed by atoms with Crippen molar-refractivity contribution < 1.29 is 18.7 Å². The lowest BCUT2D eigenvalue weighted by Crippen LogP contribution is -2.45. The Balaban J connectivity index is 3.02. The van der Waals surface area contributed by atoms with E-state index in [2.05, 4.69) is 0 Å². The molecule has 1 rings (SSSR count). The van der Waals surface area contributed by atoms with E-state index in [0.717, 1.165) is 6.42 Å². The minimum Gasteiger partial charge on any atom is -0.468 e. The summed E-state index contributed by atoms with van der Waals surface area (Å²) in [6, 6.07) is 5.90. The van der Waals surface area contributed by atoms with Crippen LogP contribution in [0.15, 0.2) is 24.3 Å². The minimum atomic E-state index is -1.06. The molecular formula is C15H22FNO3. The molecule has 0 amide bonds. The summed E-state index contributed by atoms with van der Waals surface area (Å²) in [7, 11) is 1.30. The molecule has 1 unspecified atom stereocenters. The lowest BCUT2D eigenvalue weighted by Gasteiger charge is -2.30. The summed E-state index contributed by atoms with van der Waals surface area (Å²) < 4.78 is 23.7. The van der Waals surface area contributed by atoms with E-state index in [0.29, 0.717) is 25.2 Å². The predicted octanol–water partition coefficient (Wildman–Crippen LogP) is 2.01. The Labute approximate surface area is 119 Å². The molecule has 0 aliphatic heterocycles. The number of hydrogen-bond donors (Lipinski definition) is 1. The van der Waals surface area contributed by atoms with Crippen LogP contribution in [-0.2, 0) is 19.7 Å². The first-order chi connectivity index (χ1) is 9.60. The largest absolute Gasteiger partial charge is 0.468 e. The van der Waals surface area contributed by atoms with Gasteiger partial charge in [-0.2, -0.15) is 0 Å². The van der Waals surface area contributed by atoms with Crippen LogP contribution in [0.5, 0.6) is 0 Å². The Morgan fingerprint density at radius 2 is 2.15 bits per heavy atom. The molecule has 0 spiro atoms. The van der Waals surface area contributed by atoms with E-state index in [9.17, 15) is 9.18 Å². The van der Waals surface area contributed by atoms with Gasteiger partial charge in [0, 0.05) is 19.8 Å². The topological polar surface area (TPSA) is 61.5 Å². The molecule has 0 aliphatic carbocycles. The zero-order valence-electron chi connectivity index (χ0n) is 12.0. The van der Waals surface area contributed by atoms with Crippen molar-refractivity contribution in [3.8, 4) is 0 Å². The highest BCUT2D eigenvalue weighted by molar-refractivity contribution is 5.83. The molecule has 4 nitrogen and oxygen atoms in total. The van der Waals surface area contributed by atoms with Crippen molar-refractivity contribution in [2.45, 2.75) is 25.2 Å². The van der Waals surface area contributed by atoms with E-state index < -0.39 is 17.2 Å². The Bertz CT molecular complexity index is 439. The third kappa shape index (κ3) is 3.77. The first-order valence-electron chi connectivity index (χ1n) is 6.73. The minimum absolute atomic E-state index is 0.0403. The SMILES string of the molecule is CCCOCCC(CN)(C(=O)OC)c1cccc(F)c1. The normalized spacial score (nSPS) is 13.8. The van der Waals surface area contributed by atoms with Crippen molar-refractivity contribution in [2.24, 2.45) is 5.73 Å². The Morgan fingerprint density at radius 1 is 1.40 bits per heavy atom. The first kappa shape index (κ1) is 16.6. The van der Waals surface area contributed by atoms with Gasteiger partial charge in [-0.15, -0.1) is 0 Å². The van der Waals surface area contributed by atoms with Gasteiger partial charge in [-0.05, 0) is 30.5 Å². The van der Waals surface area contributed by atoms with Gasteiger partial charge < -0.3 is 15.2 Å². The fraction of sp³-hybridized carbons (Fsp3) is 0.533. The smallest absolute Gasteiger partial charge is 0.317 e. The highest BCUT2D eigenvalue weighted by atomic mass is 19.1. The van der Waals surface area contributed by atoms with E-state index in [1.807, 2.05) is 6.92 Å². The summed E-state index contributed by atoms with van der Waals surface area (Å²) in [5, 5.41) is 0. The second-order valence-electron chi connectivity index (χ2n) is 4.65. The number of hydrogen-bond acceptors (Lipinski definition) is 4. The highest BCUT2D eigenvalue weighted by Gasteiger charge is 2.40. The molecule has 2 N–H and O–H groups in total. The molecule has 0 fully saturated rings. The molecule has 0 aliphatic rings. The van der Waals surface area contributed by atoms with Gasteiger partial charge in [-0.1, -0.05) is 19.1 Å². The van der Waals surface area contributed by atoms with E-state index >= 15 is 0 Å². The predicted molar refractivity (Wildman–Crippen MR) is 74.9 cm³/mol. The van der Waals surface area contributed by atoms with Gasteiger partial charge >= 0.3 is 5.97 Å². The summed E-state index contributed by atoms with van der Waals surface area (Å²) in [6.45, 7) is 3.03. The van der Waals surface area contributed by atoms with Crippen LogP contribution in [0.25, 0.3) is 0 Å². The van der Waals surface area contributed by atoms with Crippen molar-refractivity contribution in [2.75, 3.05) is 26.9 Å². The van der Waals surface area contributed by atoms with Crippen molar-refractivity contribution in [1.82, 2.24) is 0 Å². The van der Waals surface area contributed by atoms with Gasteiger partial charge in [0.25, 0.3) is 0 Å². The van der Waals surface area contributed by atoms with Crippen LogP contribution in [-0.4, -0.2) is 32.8 Å². The Kier molecular flexibility index (Phi) is 6.61. The fourth-order valence-corrected chi connectivity index (χ4v) is 2.14. The molecule has 1 aromatic carbocycles. The van der Waals surface area contributed by atoms with Gasteiger partial charge in [0.2, 0.25) is 0 Å². The lowest BCUT2D eigenvalue weighted by atomic mass is 9.77. The first-order valence-corrected chi connectivity index (χ1v) is 6.73. The van der Waals surface area contributed by atoms with E-state index in [1.165, 1.54) is 19.2 Å². The molecule has 0 bridgehead atoms. The standard InChI is InChI=1S/C15H22FNO3/c1-3-8-20-9-7-15(11-17,14(18)19-2)12-5-4-6-13(16)10-12/h4-6,10H,3,7-9,11,17H2,1-2H3. The molecular weight excluding hydrogens is 261 g/mol. The van der Waals surface area contributed by atoms with Crippen molar-refractivity contribution in [3.05, 3.63) is 35.6 Å². The molecule has 1 aromatic rings. The van der Waals surface area contributed by atoms with Crippen LogP contribution >= 0.6 is 0 Å². The third-order valence-corrected chi connectivity index (χ3v) is 3.32. The Hall–Kier alpha value is -1.46. The van der Waals surface area contributed by atoms with Crippen LogP contribution < -0.4 is 5.73 Å². The average molecular weight is 283 g/mol. The Morgan fingerprint density at radius 3 is 2.70 bits per heavy atom. The van der Waals surface area contributed by atoms with E-state index in [1.54, 1.807) is 12.1 Å². The van der Waals surface area contributed by atoms with Gasteiger partial charge in [-0.3, -0.25) is 4.79 Å². The molecule has 0 radical (unpaired) electrons. The maximum Gasteiger partial charge on any atom is 0.317 e. The number of halogens is 1. The molecule has 1 atom stereocenters. The van der Waals surface area contributed by atoms with Crippen LogP contribution in [0.1, 0.15) is 25.3 Å². The van der Waals surface area contributed by atoms with Gasteiger partial charge in [-0.25, -0.2) is 4.39 Å². The summed E-state index contributed by atoms with van der Waals surface area (Å²) in [6.07, 6.45) is 1.26. The molecule has 112 valence electrons. The number of benzene rings is 1. The van der Waals surface area contributed by atoms with Crippen molar-refractivity contribution in [3.63, 3.8) is 0 Å². The third-order valence-electron chi connectivity index (χ3n) is 3.32. The molecule has 0 heterocycles. The maximum absolute atomic E-state index is 13.4. The maximum atomic E-state index is 13.4. The number of ether oxygens (including phenoxy) is 2. The molecule has 0 saturated heterocycles. The monoisotopic (exact) mass is 283 g/mol. The molecule has 0 saturated carbocycles. The second kappa shape index (κ2) is 7.97. The van der Waals surface area contributed by atoms with Gasteiger partial charge in [0.05, 0.1) is 7.11 Å². The summed E-state index contributed by atoms with van der Waals surface area (Å²) >= 11 is 0. The number of rotatable bonds is 8. The fourth-order valence-electron chi connectivity index (χ4n) is 2.14. The number of carbonyl (C=O) groups excluding carboxylic acids is 1. The number of methoxy groups -OCH3 is 1. The molecule has 5 heteroatoms. The van der Waals surface area contributed by atoms with Crippen LogP contribution in [0.3, 0.4) is 0 Å². The summed E-state index contributed by atoms with van der Waals surface area (Å²) in [4.78, 5) is 12.2. The van der Waals surface area contributed by atoms with Gasteiger partial charge in [0.1, 0.15) is 11.2 Å². The van der Waals surface area contributed by atoms with E-state index in [4.69, 9.17) is 15.2 Å².